The monoisotopic (exact) mass is 321 g/mol. The van der Waals surface area contributed by atoms with Crippen molar-refractivity contribution < 1.29 is 4.39 Å². The molecule has 2 aromatic rings. The van der Waals surface area contributed by atoms with Crippen LogP contribution in [0.2, 0.25) is 0 Å². The molecule has 0 aliphatic carbocycles. The van der Waals surface area contributed by atoms with Crippen molar-refractivity contribution in [2.24, 2.45) is 0 Å². The summed E-state index contributed by atoms with van der Waals surface area (Å²) in [5, 5.41) is 3.31. The lowest BCUT2D eigenvalue weighted by atomic mass is 9.98. The van der Waals surface area contributed by atoms with Crippen molar-refractivity contribution in [3.8, 4) is 0 Å². The number of hydrogen-bond donors (Lipinski definition) is 1. The van der Waals surface area contributed by atoms with Crippen molar-refractivity contribution in [1.29, 1.82) is 0 Å². The van der Waals surface area contributed by atoms with Gasteiger partial charge in [0.05, 0.1) is 0 Å². The van der Waals surface area contributed by atoms with Gasteiger partial charge in [0.15, 0.2) is 0 Å². The topological polar surface area (TPSA) is 12.0 Å². The molecular weight excluding hydrogens is 305 g/mol. The fraction of sp³-hybridized carbons (Fsp3) is 0.250. The van der Waals surface area contributed by atoms with Crippen molar-refractivity contribution in [3.63, 3.8) is 0 Å². The summed E-state index contributed by atoms with van der Waals surface area (Å²) in [7, 11) is 1.95. The Kier molecular flexibility index (Phi) is 4.72. The molecule has 0 amide bonds. The van der Waals surface area contributed by atoms with Gasteiger partial charge in [-0.1, -0.05) is 51.8 Å². The Balaban J connectivity index is 2.21. The second-order valence-electron chi connectivity index (χ2n) is 4.69. The molecule has 1 nitrogen and oxygen atoms in total. The molecule has 1 N–H and O–H groups in total. The third kappa shape index (κ3) is 3.64. The Morgan fingerprint density at radius 3 is 2.42 bits per heavy atom. The summed E-state index contributed by atoms with van der Waals surface area (Å²) in [5.74, 6) is -0.216. The summed E-state index contributed by atoms with van der Waals surface area (Å²) in [6, 6.07) is 13.6. The van der Waals surface area contributed by atoms with Gasteiger partial charge in [0.2, 0.25) is 0 Å². The highest BCUT2D eigenvalue weighted by atomic mass is 79.9. The molecule has 0 fully saturated rings. The predicted octanol–water partition coefficient (Wildman–Crippen LogP) is 4.40. The van der Waals surface area contributed by atoms with Gasteiger partial charge in [-0.2, -0.15) is 0 Å². The molecule has 0 bridgehead atoms. The third-order valence-corrected chi connectivity index (χ3v) is 4.01. The Bertz CT molecular complexity index is 551. The summed E-state index contributed by atoms with van der Waals surface area (Å²) in [4.78, 5) is 0. The molecule has 0 aliphatic heterocycles. The molecule has 1 atom stereocenters. The van der Waals surface area contributed by atoms with Gasteiger partial charge in [0.1, 0.15) is 5.82 Å². The number of rotatable bonds is 4. The molecule has 0 aromatic heterocycles. The normalized spacial score (nSPS) is 12.4. The molecule has 2 rings (SSSR count). The Morgan fingerprint density at radius 2 is 1.84 bits per heavy atom. The summed E-state index contributed by atoms with van der Waals surface area (Å²) >= 11 is 3.42. The van der Waals surface area contributed by atoms with Crippen LogP contribution in [-0.4, -0.2) is 7.05 Å². The van der Waals surface area contributed by atoms with Gasteiger partial charge >= 0.3 is 0 Å². The maximum Gasteiger partial charge on any atom is 0.124 e. The predicted molar refractivity (Wildman–Crippen MR) is 80.8 cm³/mol. The first-order chi connectivity index (χ1) is 9.10. The molecule has 0 aliphatic rings. The van der Waals surface area contributed by atoms with Crippen LogP contribution in [-0.2, 0) is 6.42 Å². The van der Waals surface area contributed by atoms with Gasteiger partial charge in [0, 0.05) is 10.5 Å². The van der Waals surface area contributed by atoms with E-state index < -0.39 is 0 Å². The Hall–Kier alpha value is -1.19. The number of halogens is 2. The van der Waals surface area contributed by atoms with E-state index >= 15 is 0 Å². The number of hydrogen-bond acceptors (Lipinski definition) is 1. The highest BCUT2D eigenvalue weighted by Crippen LogP contribution is 2.24. The van der Waals surface area contributed by atoms with E-state index in [2.05, 4.69) is 52.4 Å². The Labute approximate surface area is 122 Å². The molecule has 3 heteroatoms. The lowest BCUT2D eigenvalue weighted by Gasteiger charge is -2.18. The molecule has 0 radical (unpaired) electrons. The molecule has 0 saturated carbocycles. The van der Waals surface area contributed by atoms with Crippen LogP contribution in [0.4, 0.5) is 4.39 Å². The quantitative estimate of drug-likeness (QED) is 0.880. The van der Waals surface area contributed by atoms with Crippen LogP contribution in [0, 0.1) is 12.7 Å². The fourth-order valence-corrected chi connectivity index (χ4v) is 2.61. The Morgan fingerprint density at radius 1 is 1.16 bits per heavy atom. The minimum Gasteiger partial charge on any atom is -0.313 e. The third-order valence-electron chi connectivity index (χ3n) is 3.27. The summed E-state index contributed by atoms with van der Waals surface area (Å²) in [5.41, 5.74) is 3.59. The number of aryl methyl sites for hydroxylation is 1. The molecule has 0 saturated heterocycles. The van der Waals surface area contributed by atoms with Crippen LogP contribution < -0.4 is 5.32 Å². The van der Waals surface area contributed by atoms with Crippen LogP contribution in [0.15, 0.2) is 46.9 Å². The van der Waals surface area contributed by atoms with E-state index in [0.717, 1.165) is 16.5 Å². The summed E-state index contributed by atoms with van der Waals surface area (Å²) in [6.45, 7) is 2.08. The smallest absolute Gasteiger partial charge is 0.124 e. The first kappa shape index (κ1) is 14.2. The molecule has 0 spiro atoms. The number of likely N-dealkylation sites (N-methyl/N-ethyl adjacent to an activating group) is 1. The average molecular weight is 322 g/mol. The van der Waals surface area contributed by atoms with E-state index in [1.54, 1.807) is 0 Å². The standard InChI is InChI=1S/C16H17BrFN/c1-11-3-5-12(6-4-11)16(19-2)9-13-7-8-14(18)10-15(13)17/h3-8,10,16,19H,9H2,1-2H3. The lowest BCUT2D eigenvalue weighted by molar-refractivity contribution is 0.587. The zero-order valence-corrected chi connectivity index (χ0v) is 12.7. The van der Waals surface area contributed by atoms with Crippen LogP contribution >= 0.6 is 15.9 Å². The van der Waals surface area contributed by atoms with Gasteiger partial charge in [-0.25, -0.2) is 4.39 Å². The van der Waals surface area contributed by atoms with Gasteiger partial charge in [-0.3, -0.25) is 0 Å². The van der Waals surface area contributed by atoms with E-state index in [0.29, 0.717) is 0 Å². The van der Waals surface area contributed by atoms with Crippen molar-refractivity contribution in [1.82, 2.24) is 5.32 Å². The fourth-order valence-electron chi connectivity index (χ4n) is 2.09. The first-order valence-electron chi connectivity index (χ1n) is 6.28. The molecule has 19 heavy (non-hydrogen) atoms. The summed E-state index contributed by atoms with van der Waals surface area (Å²) in [6.07, 6.45) is 0.820. The van der Waals surface area contributed by atoms with Crippen LogP contribution in [0.5, 0.6) is 0 Å². The molecule has 2 aromatic carbocycles. The molecule has 0 heterocycles. The maximum atomic E-state index is 13.1. The number of nitrogens with one attached hydrogen (secondary N) is 1. The zero-order valence-electron chi connectivity index (χ0n) is 11.1. The van der Waals surface area contributed by atoms with E-state index in [1.807, 2.05) is 13.1 Å². The van der Waals surface area contributed by atoms with Crippen LogP contribution in [0.1, 0.15) is 22.7 Å². The zero-order chi connectivity index (χ0) is 13.8. The van der Waals surface area contributed by atoms with E-state index in [1.165, 1.54) is 23.3 Å². The van der Waals surface area contributed by atoms with Crippen LogP contribution in [0.3, 0.4) is 0 Å². The highest BCUT2D eigenvalue weighted by molar-refractivity contribution is 9.10. The van der Waals surface area contributed by atoms with Gasteiger partial charge in [0.25, 0.3) is 0 Å². The van der Waals surface area contributed by atoms with Crippen molar-refractivity contribution in [2.75, 3.05) is 7.05 Å². The molecular formula is C16H17BrFN. The highest BCUT2D eigenvalue weighted by Gasteiger charge is 2.12. The largest absolute Gasteiger partial charge is 0.313 e. The van der Waals surface area contributed by atoms with Gasteiger partial charge in [-0.05, 0) is 43.7 Å². The average Bonchev–Trinajstić information content (AvgIpc) is 2.39. The summed E-state index contributed by atoms with van der Waals surface area (Å²) < 4.78 is 13.9. The number of benzene rings is 2. The second kappa shape index (κ2) is 6.31. The minimum atomic E-state index is -0.216. The van der Waals surface area contributed by atoms with Gasteiger partial charge in [-0.15, -0.1) is 0 Å². The lowest BCUT2D eigenvalue weighted by Crippen LogP contribution is -2.19. The molecule has 1 unspecified atom stereocenters. The van der Waals surface area contributed by atoms with Crippen molar-refractivity contribution in [3.05, 3.63) is 69.4 Å². The second-order valence-corrected chi connectivity index (χ2v) is 5.55. The van der Waals surface area contributed by atoms with E-state index in [-0.39, 0.29) is 11.9 Å². The SMILES string of the molecule is CNC(Cc1ccc(F)cc1Br)c1ccc(C)cc1. The minimum absolute atomic E-state index is 0.216. The van der Waals surface area contributed by atoms with Crippen LogP contribution in [0.25, 0.3) is 0 Å². The van der Waals surface area contributed by atoms with Gasteiger partial charge < -0.3 is 5.32 Å². The molecule has 100 valence electrons. The maximum absolute atomic E-state index is 13.1. The van der Waals surface area contributed by atoms with Crippen molar-refractivity contribution >= 4 is 15.9 Å². The van der Waals surface area contributed by atoms with Crippen molar-refractivity contribution in [2.45, 2.75) is 19.4 Å². The van der Waals surface area contributed by atoms with E-state index in [9.17, 15) is 4.39 Å². The van der Waals surface area contributed by atoms with E-state index in [4.69, 9.17) is 0 Å². The first-order valence-corrected chi connectivity index (χ1v) is 7.07.